The van der Waals surface area contributed by atoms with Crippen molar-refractivity contribution in [2.75, 3.05) is 41.6 Å². The first kappa shape index (κ1) is 24.4. The molecule has 1 N–H and O–H groups in total. The van der Waals surface area contributed by atoms with E-state index in [4.69, 9.17) is 4.74 Å². The highest BCUT2D eigenvalue weighted by Crippen LogP contribution is 2.27. The van der Waals surface area contributed by atoms with Crippen molar-refractivity contribution >= 4 is 27.3 Å². The van der Waals surface area contributed by atoms with E-state index in [0.29, 0.717) is 31.6 Å². The van der Waals surface area contributed by atoms with Crippen molar-refractivity contribution in [3.63, 3.8) is 0 Å². The Kier molecular flexibility index (Phi) is 7.66. The van der Waals surface area contributed by atoms with Crippen LogP contribution in [0, 0.1) is 13.8 Å². The summed E-state index contributed by atoms with van der Waals surface area (Å²) in [5.41, 5.74) is 3.78. The van der Waals surface area contributed by atoms with Crippen molar-refractivity contribution in [2.45, 2.75) is 52.1 Å². The van der Waals surface area contributed by atoms with Crippen LogP contribution in [0.4, 0.5) is 11.4 Å². The molecule has 0 aliphatic carbocycles. The van der Waals surface area contributed by atoms with Gasteiger partial charge in [-0.1, -0.05) is 18.2 Å². The van der Waals surface area contributed by atoms with E-state index in [9.17, 15) is 13.2 Å². The van der Waals surface area contributed by atoms with Crippen LogP contribution in [-0.2, 0) is 14.8 Å². The zero-order chi connectivity index (χ0) is 24.1. The van der Waals surface area contributed by atoms with Gasteiger partial charge in [0.25, 0.3) is 0 Å². The molecule has 34 heavy (non-hydrogen) atoms. The van der Waals surface area contributed by atoms with E-state index in [1.165, 1.54) is 19.3 Å². The summed E-state index contributed by atoms with van der Waals surface area (Å²) in [6.45, 7) is 7.11. The summed E-state index contributed by atoms with van der Waals surface area (Å²) in [5, 5.41) is 0. The number of nitrogens with zero attached hydrogens (tertiary/aromatic N) is 2. The SMILES string of the molecule is Cc1cccc(C)c1OC1CCN(C(=O)CS(=O)(=O)Nc2ccc(N3CCCCC3)cc2)CC1. The van der Waals surface area contributed by atoms with E-state index < -0.39 is 15.8 Å². The highest BCUT2D eigenvalue weighted by molar-refractivity contribution is 7.93. The fourth-order valence-electron chi connectivity index (χ4n) is 4.74. The lowest BCUT2D eigenvalue weighted by Gasteiger charge is -2.32. The van der Waals surface area contributed by atoms with Crippen LogP contribution < -0.4 is 14.4 Å². The number of piperidine rings is 2. The van der Waals surface area contributed by atoms with Gasteiger partial charge in [0.05, 0.1) is 0 Å². The van der Waals surface area contributed by atoms with Gasteiger partial charge in [-0.3, -0.25) is 9.52 Å². The molecule has 4 rings (SSSR count). The number of hydrogen-bond acceptors (Lipinski definition) is 5. The van der Waals surface area contributed by atoms with Gasteiger partial charge in [-0.05, 0) is 68.5 Å². The molecule has 184 valence electrons. The number of benzene rings is 2. The molecule has 0 bridgehead atoms. The average molecular weight is 486 g/mol. The van der Waals surface area contributed by atoms with Crippen molar-refractivity contribution in [1.82, 2.24) is 4.90 Å². The van der Waals surface area contributed by atoms with E-state index in [1.54, 1.807) is 17.0 Å². The van der Waals surface area contributed by atoms with Crippen LogP contribution in [0.1, 0.15) is 43.2 Å². The summed E-state index contributed by atoms with van der Waals surface area (Å²) in [7, 11) is -3.78. The normalized spacial score (nSPS) is 17.5. The van der Waals surface area contributed by atoms with Crippen molar-refractivity contribution in [1.29, 1.82) is 0 Å². The molecule has 2 saturated heterocycles. The maximum Gasteiger partial charge on any atom is 0.241 e. The fraction of sp³-hybridized carbons (Fsp3) is 0.500. The molecule has 2 aliphatic heterocycles. The maximum atomic E-state index is 12.7. The third-order valence-electron chi connectivity index (χ3n) is 6.66. The summed E-state index contributed by atoms with van der Waals surface area (Å²) in [6, 6.07) is 13.5. The van der Waals surface area contributed by atoms with Gasteiger partial charge in [-0.2, -0.15) is 0 Å². The number of nitrogens with one attached hydrogen (secondary N) is 1. The highest BCUT2D eigenvalue weighted by Gasteiger charge is 2.27. The second-order valence-electron chi connectivity index (χ2n) is 9.37. The van der Waals surface area contributed by atoms with E-state index in [-0.39, 0.29) is 12.0 Å². The Hall–Kier alpha value is -2.74. The van der Waals surface area contributed by atoms with Gasteiger partial charge in [-0.15, -0.1) is 0 Å². The molecule has 7 nitrogen and oxygen atoms in total. The molecule has 2 fully saturated rings. The van der Waals surface area contributed by atoms with Crippen molar-refractivity contribution in [3.05, 3.63) is 53.6 Å². The molecule has 0 saturated carbocycles. The topological polar surface area (TPSA) is 78.9 Å². The number of sulfonamides is 1. The lowest BCUT2D eigenvalue weighted by atomic mass is 10.1. The summed E-state index contributed by atoms with van der Waals surface area (Å²) >= 11 is 0. The smallest absolute Gasteiger partial charge is 0.241 e. The molecule has 0 atom stereocenters. The van der Waals surface area contributed by atoms with Gasteiger partial charge in [-0.25, -0.2) is 8.42 Å². The number of ether oxygens (including phenoxy) is 1. The number of anilines is 2. The molecule has 0 aromatic heterocycles. The predicted molar refractivity (Wildman–Crippen MR) is 136 cm³/mol. The van der Waals surface area contributed by atoms with Crippen LogP contribution in [0.5, 0.6) is 5.75 Å². The third-order valence-corrected chi connectivity index (χ3v) is 7.84. The monoisotopic (exact) mass is 485 g/mol. The first-order valence-electron chi connectivity index (χ1n) is 12.2. The minimum atomic E-state index is -3.78. The van der Waals surface area contributed by atoms with Crippen molar-refractivity contribution < 1.29 is 17.9 Å². The largest absolute Gasteiger partial charge is 0.490 e. The highest BCUT2D eigenvalue weighted by atomic mass is 32.2. The Balaban J connectivity index is 1.27. The van der Waals surface area contributed by atoms with E-state index >= 15 is 0 Å². The Morgan fingerprint density at radius 2 is 1.56 bits per heavy atom. The number of rotatable bonds is 7. The number of para-hydroxylation sites is 1. The summed E-state index contributed by atoms with van der Waals surface area (Å²) in [6.07, 6.45) is 5.03. The van der Waals surface area contributed by atoms with Crippen molar-refractivity contribution in [3.8, 4) is 5.75 Å². The van der Waals surface area contributed by atoms with Gasteiger partial charge in [0, 0.05) is 50.4 Å². The maximum absolute atomic E-state index is 12.7. The number of carbonyl (C=O) groups is 1. The standard InChI is InChI=1S/C26H35N3O4S/c1-20-7-6-8-21(2)26(20)33-24-13-17-29(18-14-24)25(30)19-34(31,32)27-22-9-11-23(12-10-22)28-15-4-3-5-16-28/h6-12,24,27H,3-5,13-19H2,1-2H3. The molecule has 0 spiro atoms. The molecule has 2 aromatic carbocycles. The Morgan fingerprint density at radius 1 is 0.941 bits per heavy atom. The first-order chi connectivity index (χ1) is 16.3. The van der Waals surface area contributed by atoms with Gasteiger partial charge in [0.15, 0.2) is 0 Å². The lowest BCUT2D eigenvalue weighted by Crippen LogP contribution is -2.44. The predicted octanol–water partition coefficient (Wildman–Crippen LogP) is 4.11. The number of likely N-dealkylation sites (tertiary alicyclic amines) is 1. The molecule has 0 radical (unpaired) electrons. The van der Waals surface area contributed by atoms with Crippen LogP contribution in [0.15, 0.2) is 42.5 Å². The van der Waals surface area contributed by atoms with E-state index in [1.807, 2.05) is 44.2 Å². The number of hydrogen-bond donors (Lipinski definition) is 1. The molecular formula is C26H35N3O4S. The first-order valence-corrected chi connectivity index (χ1v) is 13.8. The summed E-state index contributed by atoms with van der Waals surface area (Å²) in [4.78, 5) is 16.6. The lowest BCUT2D eigenvalue weighted by molar-refractivity contribution is -0.130. The second kappa shape index (κ2) is 10.7. The Morgan fingerprint density at radius 3 is 2.18 bits per heavy atom. The van der Waals surface area contributed by atoms with E-state index in [2.05, 4.69) is 9.62 Å². The quantitative estimate of drug-likeness (QED) is 0.639. The molecule has 0 unspecified atom stereocenters. The zero-order valence-electron chi connectivity index (χ0n) is 20.1. The van der Waals surface area contributed by atoms with E-state index in [0.717, 1.165) is 35.7 Å². The van der Waals surface area contributed by atoms with Gasteiger partial charge in [0.1, 0.15) is 17.6 Å². The molecular weight excluding hydrogens is 450 g/mol. The molecule has 8 heteroatoms. The van der Waals surface area contributed by atoms with Crippen molar-refractivity contribution in [2.24, 2.45) is 0 Å². The zero-order valence-corrected chi connectivity index (χ0v) is 20.9. The van der Waals surface area contributed by atoms with Gasteiger partial charge < -0.3 is 14.5 Å². The molecule has 1 amide bonds. The Bertz CT molecular complexity index is 1070. The van der Waals surface area contributed by atoms with Gasteiger partial charge >= 0.3 is 0 Å². The van der Waals surface area contributed by atoms with Crippen LogP contribution in [0.3, 0.4) is 0 Å². The van der Waals surface area contributed by atoms with Crippen LogP contribution in [0.2, 0.25) is 0 Å². The van der Waals surface area contributed by atoms with Crippen LogP contribution in [-0.4, -0.2) is 57.3 Å². The summed E-state index contributed by atoms with van der Waals surface area (Å²) < 4.78 is 34.0. The fourth-order valence-corrected chi connectivity index (χ4v) is 5.81. The second-order valence-corrected chi connectivity index (χ2v) is 11.1. The van der Waals surface area contributed by atoms with Crippen LogP contribution in [0.25, 0.3) is 0 Å². The molecule has 2 aliphatic rings. The van der Waals surface area contributed by atoms with Crippen LogP contribution >= 0.6 is 0 Å². The van der Waals surface area contributed by atoms with Gasteiger partial charge in [0.2, 0.25) is 15.9 Å². The molecule has 2 aromatic rings. The average Bonchev–Trinajstić information content (AvgIpc) is 2.82. The summed E-state index contributed by atoms with van der Waals surface area (Å²) in [5.74, 6) is -0.0168. The third kappa shape index (κ3) is 6.23. The minimum absolute atomic E-state index is 0.0250. The number of aryl methyl sites for hydroxylation is 2. The molecule has 2 heterocycles. The number of carbonyl (C=O) groups excluding carboxylic acids is 1. The minimum Gasteiger partial charge on any atom is -0.490 e. The Labute approximate surface area is 203 Å². The number of amides is 1.